The zero-order valence-electron chi connectivity index (χ0n) is 5.96. The monoisotopic (exact) mass is 175 g/mol. The lowest BCUT2D eigenvalue weighted by atomic mass is 10.1. The second kappa shape index (κ2) is 3.76. The molecule has 0 fully saturated rings. The third-order valence-electron chi connectivity index (χ3n) is 1.50. The predicted molar refractivity (Wildman–Crippen MR) is 42.6 cm³/mol. The first-order valence-electron chi connectivity index (χ1n) is 3.34. The second-order valence-corrected chi connectivity index (χ2v) is 2.63. The fourth-order valence-corrected chi connectivity index (χ4v) is 0.980. The molecule has 0 bridgehead atoms. The Morgan fingerprint density at radius 2 is 2.36 bits per heavy atom. The lowest BCUT2D eigenvalue weighted by Gasteiger charge is -2.06. The summed E-state index contributed by atoms with van der Waals surface area (Å²) in [6.45, 7) is 0.348. The number of nitrogens with two attached hydrogens (primary N) is 1. The smallest absolute Gasteiger partial charge is 0.193 e. The van der Waals surface area contributed by atoms with Crippen LogP contribution in [-0.4, -0.2) is 18.3 Å². The minimum absolute atomic E-state index is 0.0135. The van der Waals surface area contributed by atoms with E-state index < -0.39 is 0 Å². The van der Waals surface area contributed by atoms with Crippen LogP contribution in [0.25, 0.3) is 0 Å². The van der Waals surface area contributed by atoms with Crippen LogP contribution in [0.5, 0.6) is 0 Å². The third-order valence-corrected chi connectivity index (χ3v) is 1.70. The Kier molecular flexibility index (Phi) is 2.93. The van der Waals surface area contributed by atoms with E-state index in [1.807, 2.05) is 0 Å². The van der Waals surface area contributed by atoms with Crippen LogP contribution in [0.15, 0.2) is 16.5 Å². The number of furan rings is 1. The molecular weight excluding hydrogens is 166 g/mol. The zero-order valence-corrected chi connectivity index (χ0v) is 6.71. The Balaban J connectivity index is 2.73. The molecule has 0 spiro atoms. The highest BCUT2D eigenvalue weighted by atomic mass is 35.5. The molecule has 62 valence electrons. The van der Waals surface area contributed by atoms with Crippen molar-refractivity contribution in [3.63, 3.8) is 0 Å². The molecule has 0 aliphatic heterocycles. The topological polar surface area (TPSA) is 59.4 Å². The van der Waals surface area contributed by atoms with Crippen molar-refractivity contribution < 1.29 is 9.52 Å². The van der Waals surface area contributed by atoms with Crippen LogP contribution in [-0.2, 0) is 0 Å². The van der Waals surface area contributed by atoms with E-state index in [-0.39, 0.29) is 12.5 Å². The Bertz CT molecular complexity index is 220. The normalized spacial score (nSPS) is 13.4. The van der Waals surface area contributed by atoms with Crippen LogP contribution in [0.3, 0.4) is 0 Å². The van der Waals surface area contributed by atoms with Crippen LogP contribution in [0.4, 0.5) is 0 Å². The highest BCUT2D eigenvalue weighted by Gasteiger charge is 2.11. The van der Waals surface area contributed by atoms with Crippen molar-refractivity contribution >= 4 is 11.6 Å². The first-order valence-corrected chi connectivity index (χ1v) is 3.72. The molecule has 1 unspecified atom stereocenters. The van der Waals surface area contributed by atoms with Crippen molar-refractivity contribution in [3.8, 4) is 0 Å². The average Bonchev–Trinajstić information content (AvgIpc) is 2.39. The summed E-state index contributed by atoms with van der Waals surface area (Å²) < 4.78 is 5.05. The molecule has 1 rings (SSSR count). The van der Waals surface area contributed by atoms with Crippen molar-refractivity contribution in [1.82, 2.24) is 0 Å². The number of hydrogen-bond donors (Lipinski definition) is 2. The minimum atomic E-state index is -0.137. The first-order chi connectivity index (χ1) is 5.27. The first kappa shape index (κ1) is 8.59. The Morgan fingerprint density at radius 1 is 1.64 bits per heavy atom. The van der Waals surface area contributed by atoms with E-state index in [4.69, 9.17) is 26.9 Å². The molecule has 1 atom stereocenters. The van der Waals surface area contributed by atoms with Gasteiger partial charge in [0, 0.05) is 6.54 Å². The fourth-order valence-electron chi connectivity index (χ4n) is 0.828. The second-order valence-electron chi connectivity index (χ2n) is 2.26. The molecule has 0 radical (unpaired) electrons. The van der Waals surface area contributed by atoms with Gasteiger partial charge in [-0.3, -0.25) is 0 Å². The number of aliphatic hydroxyl groups excluding tert-OH is 1. The maximum Gasteiger partial charge on any atom is 0.193 e. The number of hydrogen-bond acceptors (Lipinski definition) is 3. The van der Waals surface area contributed by atoms with Gasteiger partial charge in [0.25, 0.3) is 0 Å². The molecule has 3 nitrogen and oxygen atoms in total. The highest BCUT2D eigenvalue weighted by molar-refractivity contribution is 6.28. The fraction of sp³-hybridized carbons (Fsp3) is 0.429. The maximum absolute atomic E-state index is 8.81. The van der Waals surface area contributed by atoms with Gasteiger partial charge in [-0.1, -0.05) is 0 Å². The van der Waals surface area contributed by atoms with Crippen LogP contribution >= 0.6 is 11.6 Å². The van der Waals surface area contributed by atoms with E-state index in [0.29, 0.717) is 17.5 Å². The third kappa shape index (κ3) is 1.96. The summed E-state index contributed by atoms with van der Waals surface area (Å²) in [5.41, 5.74) is 5.36. The van der Waals surface area contributed by atoms with Gasteiger partial charge in [0.2, 0.25) is 0 Å². The van der Waals surface area contributed by atoms with E-state index in [1.54, 1.807) is 12.1 Å². The summed E-state index contributed by atoms with van der Waals surface area (Å²) in [4.78, 5) is 0. The van der Waals surface area contributed by atoms with Crippen molar-refractivity contribution in [1.29, 1.82) is 0 Å². The number of rotatable bonds is 3. The molecule has 4 heteroatoms. The minimum Gasteiger partial charge on any atom is -0.449 e. The largest absolute Gasteiger partial charge is 0.449 e. The van der Waals surface area contributed by atoms with Crippen LogP contribution in [0.2, 0.25) is 5.22 Å². The number of aliphatic hydroxyl groups is 1. The molecule has 1 aromatic rings. The summed E-state index contributed by atoms with van der Waals surface area (Å²) in [6.07, 6.45) is 0. The van der Waals surface area contributed by atoms with Crippen molar-refractivity contribution in [3.05, 3.63) is 23.1 Å². The van der Waals surface area contributed by atoms with Crippen molar-refractivity contribution in [2.75, 3.05) is 13.2 Å². The SMILES string of the molecule is NCC(CO)c1ccc(Cl)o1. The maximum atomic E-state index is 8.81. The van der Waals surface area contributed by atoms with Crippen LogP contribution in [0.1, 0.15) is 11.7 Å². The Labute approximate surface area is 69.8 Å². The molecule has 0 saturated carbocycles. The quantitative estimate of drug-likeness (QED) is 0.720. The van der Waals surface area contributed by atoms with Crippen LogP contribution in [0, 0.1) is 0 Å². The van der Waals surface area contributed by atoms with E-state index >= 15 is 0 Å². The average molecular weight is 176 g/mol. The van der Waals surface area contributed by atoms with Gasteiger partial charge in [-0.05, 0) is 23.7 Å². The molecule has 1 aromatic heterocycles. The van der Waals surface area contributed by atoms with E-state index in [1.165, 1.54) is 0 Å². The number of halogens is 1. The molecule has 0 aliphatic carbocycles. The molecule has 0 aliphatic rings. The molecule has 1 heterocycles. The van der Waals surface area contributed by atoms with Crippen molar-refractivity contribution in [2.24, 2.45) is 5.73 Å². The van der Waals surface area contributed by atoms with Crippen LogP contribution < -0.4 is 5.73 Å². The lowest BCUT2D eigenvalue weighted by Crippen LogP contribution is -2.15. The van der Waals surface area contributed by atoms with E-state index in [9.17, 15) is 0 Å². The highest BCUT2D eigenvalue weighted by Crippen LogP contribution is 2.20. The van der Waals surface area contributed by atoms with Gasteiger partial charge in [0.05, 0.1) is 12.5 Å². The zero-order chi connectivity index (χ0) is 8.27. The van der Waals surface area contributed by atoms with Gasteiger partial charge in [-0.15, -0.1) is 0 Å². The van der Waals surface area contributed by atoms with Crippen molar-refractivity contribution in [2.45, 2.75) is 5.92 Å². The molecular formula is C7H10ClNO2. The van der Waals surface area contributed by atoms with Gasteiger partial charge < -0.3 is 15.3 Å². The molecule has 3 N–H and O–H groups in total. The summed E-state index contributed by atoms with van der Waals surface area (Å²) in [6, 6.07) is 3.35. The standard InChI is InChI=1S/C7H10ClNO2/c8-7-2-1-6(11-7)5(3-9)4-10/h1-2,5,10H,3-4,9H2. The Hall–Kier alpha value is -0.510. The van der Waals surface area contributed by atoms with E-state index in [0.717, 1.165) is 0 Å². The summed E-state index contributed by atoms with van der Waals surface area (Å²) in [7, 11) is 0. The van der Waals surface area contributed by atoms with Gasteiger partial charge in [0.15, 0.2) is 5.22 Å². The molecule has 0 saturated heterocycles. The lowest BCUT2D eigenvalue weighted by molar-refractivity contribution is 0.252. The van der Waals surface area contributed by atoms with E-state index in [2.05, 4.69) is 0 Å². The van der Waals surface area contributed by atoms with Gasteiger partial charge >= 0.3 is 0 Å². The summed E-state index contributed by atoms with van der Waals surface area (Å²) in [5.74, 6) is 0.502. The summed E-state index contributed by atoms with van der Waals surface area (Å²) in [5, 5.41) is 9.13. The predicted octanol–water partition coefficient (Wildman–Crippen LogP) is 0.968. The summed E-state index contributed by atoms with van der Waals surface area (Å²) >= 11 is 5.53. The Morgan fingerprint density at radius 3 is 2.73 bits per heavy atom. The van der Waals surface area contributed by atoms with Gasteiger partial charge in [-0.25, -0.2) is 0 Å². The molecule has 0 amide bonds. The van der Waals surface area contributed by atoms with Gasteiger partial charge in [-0.2, -0.15) is 0 Å². The molecule has 11 heavy (non-hydrogen) atoms. The molecule has 0 aromatic carbocycles. The van der Waals surface area contributed by atoms with Gasteiger partial charge in [0.1, 0.15) is 5.76 Å².